The molecule has 1 amide bonds. The van der Waals surface area contributed by atoms with E-state index in [1.807, 2.05) is 33.2 Å². The fourth-order valence-electron chi connectivity index (χ4n) is 1.66. The van der Waals surface area contributed by atoms with Gasteiger partial charge in [0.05, 0.1) is 22.9 Å². The Kier molecular flexibility index (Phi) is 3.75. The first-order chi connectivity index (χ1) is 8.89. The summed E-state index contributed by atoms with van der Waals surface area (Å²) in [7, 11) is 1.84. The van der Waals surface area contributed by atoms with Crippen LogP contribution in [0.3, 0.4) is 0 Å². The summed E-state index contributed by atoms with van der Waals surface area (Å²) in [6.45, 7) is 4.05. The number of rotatable bonds is 4. The summed E-state index contributed by atoms with van der Waals surface area (Å²) in [6.07, 6.45) is 5.28. The average Bonchev–Trinajstić information content (AvgIpc) is 2.95. The second-order valence-corrected chi connectivity index (χ2v) is 5.74. The fourth-order valence-corrected chi connectivity index (χ4v) is 1.94. The molecule has 0 saturated heterocycles. The molecule has 0 aliphatic carbocycles. The van der Waals surface area contributed by atoms with Gasteiger partial charge in [-0.1, -0.05) is 0 Å². The van der Waals surface area contributed by atoms with E-state index in [9.17, 15) is 4.79 Å². The summed E-state index contributed by atoms with van der Waals surface area (Å²) in [5.74, 6) is -0.103. The van der Waals surface area contributed by atoms with Crippen LogP contribution < -0.4 is 5.32 Å². The summed E-state index contributed by atoms with van der Waals surface area (Å²) < 4.78 is 4.18. The van der Waals surface area contributed by atoms with Crippen molar-refractivity contribution in [1.29, 1.82) is 0 Å². The number of hydrogen-bond acceptors (Lipinski definition) is 3. The van der Waals surface area contributed by atoms with E-state index in [0.29, 0.717) is 6.54 Å². The minimum Gasteiger partial charge on any atom is -0.348 e. The number of aromatic nitrogens is 4. The molecule has 0 radical (unpaired) electrons. The van der Waals surface area contributed by atoms with Crippen molar-refractivity contribution in [1.82, 2.24) is 24.9 Å². The largest absolute Gasteiger partial charge is 0.348 e. The predicted molar refractivity (Wildman–Crippen MR) is 74.3 cm³/mol. The Morgan fingerprint density at radius 1 is 1.53 bits per heavy atom. The Balaban J connectivity index is 2.02. The van der Waals surface area contributed by atoms with Crippen LogP contribution in [0.4, 0.5) is 0 Å². The number of nitrogens with one attached hydrogen (secondary N) is 1. The van der Waals surface area contributed by atoms with Gasteiger partial charge in [0.2, 0.25) is 5.91 Å². The monoisotopic (exact) mass is 325 g/mol. The number of amides is 1. The Bertz CT molecular complexity index is 586. The van der Waals surface area contributed by atoms with E-state index in [0.717, 1.165) is 10.2 Å². The molecule has 2 aromatic heterocycles. The number of carbonyl (C=O) groups excluding carboxylic acids is 1. The fraction of sp³-hybridized carbons (Fsp3) is 0.417. The van der Waals surface area contributed by atoms with E-state index in [4.69, 9.17) is 0 Å². The van der Waals surface area contributed by atoms with Gasteiger partial charge in [-0.05, 0) is 35.8 Å². The maximum absolute atomic E-state index is 12.2. The molecule has 0 aliphatic rings. The summed E-state index contributed by atoms with van der Waals surface area (Å²) in [5.41, 5.74) is 0.0779. The van der Waals surface area contributed by atoms with E-state index < -0.39 is 5.54 Å². The molecule has 2 heterocycles. The number of halogens is 1. The topological polar surface area (TPSA) is 64.7 Å². The smallest absolute Gasteiger partial charge is 0.247 e. The van der Waals surface area contributed by atoms with E-state index in [2.05, 4.69) is 31.4 Å². The normalized spacial score (nSPS) is 11.6. The van der Waals surface area contributed by atoms with Crippen LogP contribution in [0.2, 0.25) is 0 Å². The number of carbonyl (C=O) groups is 1. The van der Waals surface area contributed by atoms with Gasteiger partial charge in [0.1, 0.15) is 5.54 Å². The molecule has 0 unspecified atom stereocenters. The summed E-state index contributed by atoms with van der Waals surface area (Å²) in [6, 6.07) is 1.87. The molecule has 19 heavy (non-hydrogen) atoms. The summed E-state index contributed by atoms with van der Waals surface area (Å²) in [4.78, 5) is 12.2. The van der Waals surface area contributed by atoms with Gasteiger partial charge in [-0.2, -0.15) is 10.2 Å². The van der Waals surface area contributed by atoms with Gasteiger partial charge in [0.15, 0.2) is 0 Å². The van der Waals surface area contributed by atoms with Gasteiger partial charge >= 0.3 is 0 Å². The van der Waals surface area contributed by atoms with E-state index in [1.165, 1.54) is 0 Å². The molecule has 0 fully saturated rings. The highest BCUT2D eigenvalue weighted by atomic mass is 79.9. The lowest BCUT2D eigenvalue weighted by molar-refractivity contribution is -0.129. The lowest BCUT2D eigenvalue weighted by Crippen LogP contribution is -2.44. The minimum absolute atomic E-state index is 0.103. The first-order valence-electron chi connectivity index (χ1n) is 5.87. The van der Waals surface area contributed by atoms with Crippen LogP contribution in [-0.4, -0.2) is 25.5 Å². The summed E-state index contributed by atoms with van der Waals surface area (Å²) >= 11 is 3.32. The Morgan fingerprint density at radius 3 is 2.79 bits per heavy atom. The van der Waals surface area contributed by atoms with Crippen LogP contribution in [0.15, 0.2) is 29.1 Å². The molecule has 2 rings (SSSR count). The Morgan fingerprint density at radius 2 is 2.26 bits per heavy atom. The third-order valence-corrected chi connectivity index (χ3v) is 3.29. The molecular formula is C12H16BrN5O. The van der Waals surface area contributed by atoms with Crippen LogP contribution in [0.1, 0.15) is 19.5 Å². The Labute approximate surface area is 119 Å². The van der Waals surface area contributed by atoms with Gasteiger partial charge in [0, 0.05) is 19.4 Å². The Hall–Kier alpha value is -1.63. The maximum Gasteiger partial charge on any atom is 0.247 e. The molecule has 102 valence electrons. The van der Waals surface area contributed by atoms with Crippen molar-refractivity contribution in [3.05, 3.63) is 34.8 Å². The number of aryl methyl sites for hydroxylation is 1. The van der Waals surface area contributed by atoms with Gasteiger partial charge in [0.25, 0.3) is 0 Å². The molecule has 6 nitrogen and oxygen atoms in total. The van der Waals surface area contributed by atoms with Gasteiger partial charge < -0.3 is 5.32 Å². The van der Waals surface area contributed by atoms with Crippen molar-refractivity contribution >= 4 is 21.8 Å². The zero-order valence-electron chi connectivity index (χ0n) is 11.1. The first kappa shape index (κ1) is 13.8. The number of nitrogens with zero attached hydrogens (tertiary/aromatic N) is 4. The van der Waals surface area contributed by atoms with Crippen LogP contribution in [0.25, 0.3) is 0 Å². The highest BCUT2D eigenvalue weighted by molar-refractivity contribution is 9.10. The molecule has 1 N–H and O–H groups in total. The molecule has 2 aromatic rings. The van der Waals surface area contributed by atoms with E-state index in [1.54, 1.807) is 21.8 Å². The third-order valence-electron chi connectivity index (χ3n) is 2.88. The van der Waals surface area contributed by atoms with Crippen molar-refractivity contribution < 1.29 is 4.79 Å². The standard InChI is InChI=1S/C12H16BrN5O/c1-12(2,18-8-9(13)6-15-18)11(19)14-7-10-4-5-17(3)16-10/h4-6,8H,7H2,1-3H3,(H,14,19). The van der Waals surface area contributed by atoms with Crippen LogP contribution in [-0.2, 0) is 23.9 Å². The highest BCUT2D eigenvalue weighted by Gasteiger charge is 2.30. The van der Waals surface area contributed by atoms with Crippen LogP contribution in [0, 0.1) is 0 Å². The van der Waals surface area contributed by atoms with Crippen molar-refractivity contribution in [3.63, 3.8) is 0 Å². The molecule has 0 bridgehead atoms. The SMILES string of the molecule is Cn1ccc(CNC(=O)C(C)(C)n2cc(Br)cn2)n1. The molecule has 0 aromatic carbocycles. The molecule has 0 atom stereocenters. The van der Waals surface area contributed by atoms with Crippen molar-refractivity contribution in [2.45, 2.75) is 25.9 Å². The molecule has 7 heteroatoms. The predicted octanol–water partition coefficient (Wildman–Crippen LogP) is 1.43. The molecule has 0 aliphatic heterocycles. The second kappa shape index (κ2) is 5.16. The molecule has 0 spiro atoms. The molecule has 0 saturated carbocycles. The second-order valence-electron chi connectivity index (χ2n) is 4.83. The van der Waals surface area contributed by atoms with Gasteiger partial charge in [-0.15, -0.1) is 0 Å². The average molecular weight is 326 g/mol. The van der Waals surface area contributed by atoms with Crippen LogP contribution in [0.5, 0.6) is 0 Å². The number of hydrogen-bond donors (Lipinski definition) is 1. The highest BCUT2D eigenvalue weighted by Crippen LogP contribution is 2.17. The quantitative estimate of drug-likeness (QED) is 0.924. The lowest BCUT2D eigenvalue weighted by atomic mass is 10.1. The van der Waals surface area contributed by atoms with Crippen LogP contribution >= 0.6 is 15.9 Å². The zero-order valence-corrected chi connectivity index (χ0v) is 12.7. The van der Waals surface area contributed by atoms with E-state index >= 15 is 0 Å². The van der Waals surface area contributed by atoms with Gasteiger partial charge in [-0.3, -0.25) is 14.2 Å². The van der Waals surface area contributed by atoms with Crippen molar-refractivity contribution in [2.75, 3.05) is 0 Å². The minimum atomic E-state index is -0.749. The van der Waals surface area contributed by atoms with Crippen molar-refractivity contribution in [3.8, 4) is 0 Å². The summed E-state index contributed by atoms with van der Waals surface area (Å²) in [5, 5.41) is 11.2. The maximum atomic E-state index is 12.2. The lowest BCUT2D eigenvalue weighted by Gasteiger charge is -2.23. The van der Waals surface area contributed by atoms with E-state index in [-0.39, 0.29) is 5.91 Å². The zero-order chi connectivity index (χ0) is 14.0. The molecular weight excluding hydrogens is 310 g/mol. The third kappa shape index (κ3) is 3.04. The van der Waals surface area contributed by atoms with Gasteiger partial charge in [-0.25, -0.2) is 0 Å². The van der Waals surface area contributed by atoms with Crippen molar-refractivity contribution in [2.24, 2.45) is 7.05 Å². The first-order valence-corrected chi connectivity index (χ1v) is 6.66.